The summed E-state index contributed by atoms with van der Waals surface area (Å²) < 4.78 is 10.8. The number of nitrogens with zero attached hydrogens (tertiary/aromatic N) is 2. The fraction of sp³-hybridized carbons (Fsp3) is 0.429. The van der Waals surface area contributed by atoms with Gasteiger partial charge in [0.15, 0.2) is 12.4 Å². The highest BCUT2D eigenvalue weighted by Gasteiger charge is 2.49. The van der Waals surface area contributed by atoms with Crippen LogP contribution in [0.25, 0.3) is 0 Å². The van der Waals surface area contributed by atoms with Crippen molar-refractivity contribution in [2.24, 2.45) is 5.41 Å². The fourth-order valence-electron chi connectivity index (χ4n) is 2.13. The van der Waals surface area contributed by atoms with Crippen LogP contribution in [0, 0.1) is 5.41 Å². The molecule has 1 aromatic heterocycles. The maximum atomic E-state index is 5.68. The first-order valence-electron chi connectivity index (χ1n) is 6.35. The Balaban J connectivity index is 1.62. The summed E-state index contributed by atoms with van der Waals surface area (Å²) in [6, 6.07) is 7.27. The molecule has 1 aliphatic rings. The van der Waals surface area contributed by atoms with Crippen LogP contribution in [0.4, 0.5) is 5.69 Å². The zero-order valence-electron chi connectivity index (χ0n) is 11.1. The van der Waals surface area contributed by atoms with Gasteiger partial charge in [-0.15, -0.1) is 0 Å². The van der Waals surface area contributed by atoms with Gasteiger partial charge in [0.05, 0.1) is 0 Å². The molecule has 5 heteroatoms. The quantitative estimate of drug-likeness (QED) is 0.854. The number of anilines is 1. The zero-order chi connectivity index (χ0) is 13.5. The summed E-state index contributed by atoms with van der Waals surface area (Å²) in [5.74, 6) is 2.40. The van der Waals surface area contributed by atoms with Crippen LogP contribution in [0.3, 0.4) is 0 Å². The molecule has 1 saturated carbocycles. The zero-order valence-corrected chi connectivity index (χ0v) is 11.1. The highest BCUT2D eigenvalue weighted by atomic mass is 16.5. The highest BCUT2D eigenvalue weighted by molar-refractivity contribution is 5.43. The number of hydrogen-bond acceptors (Lipinski definition) is 5. The summed E-state index contributed by atoms with van der Waals surface area (Å²) in [7, 11) is 0. The Morgan fingerprint density at radius 3 is 2.95 bits per heavy atom. The van der Waals surface area contributed by atoms with Gasteiger partial charge >= 0.3 is 0 Å². The van der Waals surface area contributed by atoms with Crippen LogP contribution in [0.5, 0.6) is 5.75 Å². The third-order valence-corrected chi connectivity index (χ3v) is 3.53. The topological polar surface area (TPSA) is 74.2 Å². The van der Waals surface area contributed by atoms with E-state index in [9.17, 15) is 0 Å². The molecule has 1 unspecified atom stereocenters. The van der Waals surface area contributed by atoms with Crippen molar-refractivity contribution in [1.82, 2.24) is 10.1 Å². The summed E-state index contributed by atoms with van der Waals surface area (Å²) in [6.45, 7) is 4.68. The molecule has 1 fully saturated rings. The molecule has 5 nitrogen and oxygen atoms in total. The molecule has 1 heterocycles. The molecule has 100 valence electrons. The third kappa shape index (κ3) is 2.54. The Morgan fingerprint density at radius 2 is 2.26 bits per heavy atom. The number of aromatic nitrogens is 2. The number of ether oxygens (including phenoxy) is 1. The monoisotopic (exact) mass is 259 g/mol. The Morgan fingerprint density at radius 1 is 1.47 bits per heavy atom. The molecule has 0 spiro atoms. The maximum Gasteiger partial charge on any atom is 0.264 e. The van der Waals surface area contributed by atoms with Crippen LogP contribution in [0.2, 0.25) is 0 Å². The molecule has 2 aromatic rings. The molecule has 0 bridgehead atoms. The highest BCUT2D eigenvalue weighted by Crippen LogP contribution is 2.57. The van der Waals surface area contributed by atoms with E-state index in [1.54, 1.807) is 6.07 Å². The van der Waals surface area contributed by atoms with E-state index in [2.05, 4.69) is 24.0 Å². The lowest BCUT2D eigenvalue weighted by atomic mass is 10.1. The smallest absolute Gasteiger partial charge is 0.264 e. The minimum atomic E-state index is 0.267. The Hall–Kier alpha value is -2.04. The largest absolute Gasteiger partial charge is 0.484 e. The average molecular weight is 259 g/mol. The lowest BCUT2D eigenvalue weighted by Gasteiger charge is -2.03. The second-order valence-electron chi connectivity index (χ2n) is 5.65. The van der Waals surface area contributed by atoms with E-state index in [0.29, 0.717) is 28.7 Å². The van der Waals surface area contributed by atoms with Crippen molar-refractivity contribution in [2.75, 3.05) is 5.73 Å². The van der Waals surface area contributed by atoms with E-state index in [1.807, 2.05) is 18.2 Å². The van der Waals surface area contributed by atoms with Crippen LogP contribution in [0.15, 0.2) is 28.8 Å². The maximum absolute atomic E-state index is 5.68. The molecular formula is C14H17N3O2. The standard InChI is InChI=1S/C14H17N3O2/c1-14(2)7-11(14)13-16-12(19-17-13)8-18-10-5-3-4-9(15)6-10/h3-6,11H,7-8,15H2,1-2H3. The van der Waals surface area contributed by atoms with Crippen LogP contribution < -0.4 is 10.5 Å². The van der Waals surface area contributed by atoms with E-state index in [1.165, 1.54) is 0 Å². The van der Waals surface area contributed by atoms with Crippen molar-refractivity contribution in [3.63, 3.8) is 0 Å². The van der Waals surface area contributed by atoms with Gasteiger partial charge in [-0.1, -0.05) is 25.1 Å². The van der Waals surface area contributed by atoms with Crippen molar-refractivity contribution >= 4 is 5.69 Å². The molecule has 0 radical (unpaired) electrons. The first kappa shape index (κ1) is 12.0. The molecule has 2 N–H and O–H groups in total. The molecule has 1 aliphatic carbocycles. The third-order valence-electron chi connectivity index (χ3n) is 3.53. The van der Waals surface area contributed by atoms with Crippen molar-refractivity contribution in [2.45, 2.75) is 32.8 Å². The molecule has 1 atom stereocenters. The van der Waals surface area contributed by atoms with Gasteiger partial charge in [0.25, 0.3) is 5.89 Å². The number of nitrogens with two attached hydrogens (primary N) is 1. The molecule has 1 aromatic carbocycles. The van der Waals surface area contributed by atoms with E-state index < -0.39 is 0 Å². The SMILES string of the molecule is CC1(C)CC1c1noc(COc2cccc(N)c2)n1. The van der Waals surface area contributed by atoms with Crippen molar-refractivity contribution in [1.29, 1.82) is 0 Å². The minimum absolute atomic E-state index is 0.267. The molecule has 0 aliphatic heterocycles. The molecule has 19 heavy (non-hydrogen) atoms. The van der Waals surface area contributed by atoms with Gasteiger partial charge in [0, 0.05) is 17.7 Å². The Labute approximate surface area is 111 Å². The lowest BCUT2D eigenvalue weighted by Crippen LogP contribution is -1.97. The minimum Gasteiger partial charge on any atom is -0.484 e. The van der Waals surface area contributed by atoms with E-state index in [-0.39, 0.29) is 6.61 Å². The number of nitrogen functional groups attached to an aromatic ring is 1. The van der Waals surface area contributed by atoms with Gasteiger partial charge in [0.1, 0.15) is 5.75 Å². The molecule has 0 amide bonds. The first-order valence-corrected chi connectivity index (χ1v) is 6.35. The normalized spacial score (nSPS) is 20.2. The predicted molar refractivity (Wildman–Crippen MR) is 70.6 cm³/mol. The number of hydrogen-bond donors (Lipinski definition) is 1. The van der Waals surface area contributed by atoms with Crippen LogP contribution in [-0.4, -0.2) is 10.1 Å². The van der Waals surface area contributed by atoms with Gasteiger partial charge < -0.3 is 15.0 Å². The van der Waals surface area contributed by atoms with Gasteiger partial charge in [-0.05, 0) is 24.0 Å². The number of benzene rings is 1. The Kier molecular flexibility index (Phi) is 2.69. The summed E-state index contributed by atoms with van der Waals surface area (Å²) in [5, 5.41) is 4.01. The molecular weight excluding hydrogens is 242 g/mol. The van der Waals surface area contributed by atoms with Crippen LogP contribution in [0.1, 0.15) is 37.9 Å². The average Bonchev–Trinajstić information content (AvgIpc) is 2.81. The fourth-order valence-corrected chi connectivity index (χ4v) is 2.13. The van der Waals surface area contributed by atoms with Gasteiger partial charge in [0.2, 0.25) is 0 Å². The molecule has 0 saturated heterocycles. The summed E-state index contributed by atoms with van der Waals surface area (Å²) >= 11 is 0. The van der Waals surface area contributed by atoms with E-state index in [0.717, 1.165) is 12.2 Å². The summed E-state index contributed by atoms with van der Waals surface area (Å²) in [5.41, 5.74) is 6.65. The van der Waals surface area contributed by atoms with Crippen molar-refractivity contribution < 1.29 is 9.26 Å². The van der Waals surface area contributed by atoms with Crippen LogP contribution >= 0.6 is 0 Å². The molecule has 3 rings (SSSR count). The van der Waals surface area contributed by atoms with Gasteiger partial charge in [-0.2, -0.15) is 4.98 Å². The van der Waals surface area contributed by atoms with Crippen LogP contribution in [-0.2, 0) is 6.61 Å². The van der Waals surface area contributed by atoms with Crippen molar-refractivity contribution in [3.05, 3.63) is 36.0 Å². The van der Waals surface area contributed by atoms with E-state index in [4.69, 9.17) is 15.0 Å². The lowest BCUT2D eigenvalue weighted by molar-refractivity contribution is 0.242. The number of rotatable bonds is 4. The van der Waals surface area contributed by atoms with Crippen molar-refractivity contribution in [3.8, 4) is 5.75 Å². The van der Waals surface area contributed by atoms with Gasteiger partial charge in [-0.3, -0.25) is 0 Å². The van der Waals surface area contributed by atoms with Gasteiger partial charge in [-0.25, -0.2) is 0 Å². The second-order valence-corrected chi connectivity index (χ2v) is 5.65. The van der Waals surface area contributed by atoms with E-state index >= 15 is 0 Å². The summed E-state index contributed by atoms with van der Waals surface area (Å²) in [6.07, 6.45) is 1.11. The second kappa shape index (κ2) is 4.26. The predicted octanol–water partition coefficient (Wildman–Crippen LogP) is 2.74. The Bertz CT molecular complexity index is 592. The summed E-state index contributed by atoms with van der Waals surface area (Å²) in [4.78, 5) is 4.37. The first-order chi connectivity index (χ1) is 9.04.